The lowest BCUT2D eigenvalue weighted by atomic mass is 9.97. The van der Waals surface area contributed by atoms with Gasteiger partial charge in [-0.15, -0.1) is 0 Å². The molecular formula is C29H22F4O4. The Balaban J connectivity index is 1.53. The zero-order valence-corrected chi connectivity index (χ0v) is 19.6. The van der Waals surface area contributed by atoms with Gasteiger partial charge in [0.15, 0.2) is 23.2 Å². The third-order valence-electron chi connectivity index (χ3n) is 5.91. The van der Waals surface area contributed by atoms with Crippen LogP contribution in [0.5, 0.6) is 11.5 Å². The number of rotatable bonds is 7. The highest BCUT2D eigenvalue weighted by Gasteiger charge is 2.21. The second-order valence-corrected chi connectivity index (χ2v) is 8.39. The number of aliphatic hydroxyl groups excluding tert-OH is 1. The average Bonchev–Trinajstić information content (AvgIpc) is 2.90. The van der Waals surface area contributed by atoms with Gasteiger partial charge in [-0.2, -0.15) is 4.39 Å². The van der Waals surface area contributed by atoms with Crippen LogP contribution in [0, 0.1) is 23.3 Å². The van der Waals surface area contributed by atoms with E-state index >= 15 is 0 Å². The normalized spacial score (nSPS) is 11.8. The molecule has 0 bridgehead atoms. The van der Waals surface area contributed by atoms with E-state index in [4.69, 9.17) is 4.74 Å². The lowest BCUT2D eigenvalue weighted by Gasteiger charge is -2.12. The van der Waals surface area contributed by atoms with Crippen molar-refractivity contribution in [1.82, 2.24) is 0 Å². The molecule has 0 heterocycles. The number of ether oxygens (including phenoxy) is 1. The van der Waals surface area contributed by atoms with Crippen LogP contribution in [0.2, 0.25) is 0 Å². The number of hydrogen-bond acceptors (Lipinski definition) is 4. The van der Waals surface area contributed by atoms with Gasteiger partial charge < -0.3 is 14.9 Å². The van der Waals surface area contributed by atoms with E-state index in [2.05, 4.69) is 0 Å². The number of aliphatic hydroxyl groups is 1. The fourth-order valence-electron chi connectivity index (χ4n) is 3.88. The Bertz CT molecular complexity index is 1430. The molecule has 4 aromatic rings. The monoisotopic (exact) mass is 510 g/mol. The third-order valence-corrected chi connectivity index (χ3v) is 5.91. The first-order valence-electron chi connectivity index (χ1n) is 11.5. The summed E-state index contributed by atoms with van der Waals surface area (Å²) in [5.41, 5.74) is 0.767. The Hall–Kier alpha value is -4.17. The first-order chi connectivity index (χ1) is 17.7. The molecule has 1 unspecified atom stereocenters. The number of esters is 1. The Labute approximate surface area is 210 Å². The molecule has 0 radical (unpaired) electrons. The van der Waals surface area contributed by atoms with E-state index in [-0.39, 0.29) is 16.9 Å². The molecule has 4 nitrogen and oxygen atoms in total. The lowest BCUT2D eigenvalue weighted by molar-refractivity contribution is 0.0728. The van der Waals surface area contributed by atoms with Crippen LogP contribution in [0.1, 0.15) is 41.8 Å². The molecule has 0 fully saturated rings. The summed E-state index contributed by atoms with van der Waals surface area (Å²) in [5, 5.41) is 19.3. The van der Waals surface area contributed by atoms with Crippen LogP contribution in [0.4, 0.5) is 17.6 Å². The van der Waals surface area contributed by atoms with Crippen LogP contribution < -0.4 is 4.74 Å². The van der Waals surface area contributed by atoms with E-state index in [0.29, 0.717) is 23.1 Å². The maximum Gasteiger partial charge on any atom is 0.346 e. The summed E-state index contributed by atoms with van der Waals surface area (Å²) in [6.07, 6.45) is 0.790. The van der Waals surface area contributed by atoms with E-state index < -0.39 is 46.7 Å². The fraction of sp³-hybridized carbons (Fsp3) is 0.138. The summed E-state index contributed by atoms with van der Waals surface area (Å²) in [5.74, 6) is -7.41. The van der Waals surface area contributed by atoms with Crippen LogP contribution in [-0.4, -0.2) is 16.2 Å². The first kappa shape index (κ1) is 25.9. The van der Waals surface area contributed by atoms with Crippen LogP contribution in [0.25, 0.3) is 22.3 Å². The van der Waals surface area contributed by atoms with E-state index in [9.17, 15) is 32.6 Å². The summed E-state index contributed by atoms with van der Waals surface area (Å²) >= 11 is 0. The number of halogens is 4. The molecule has 37 heavy (non-hydrogen) atoms. The molecule has 4 aromatic carbocycles. The highest BCUT2D eigenvalue weighted by molar-refractivity contribution is 5.91. The summed E-state index contributed by atoms with van der Waals surface area (Å²) in [7, 11) is 0. The van der Waals surface area contributed by atoms with Gasteiger partial charge in [-0.05, 0) is 47.4 Å². The minimum Gasteiger partial charge on any atom is -0.505 e. The summed E-state index contributed by atoms with van der Waals surface area (Å²) < 4.78 is 62.4. The molecule has 1 atom stereocenters. The van der Waals surface area contributed by atoms with Gasteiger partial charge in [-0.25, -0.2) is 18.0 Å². The SMILES string of the molecule is CCCC(O)c1ccc(-c2ccc(-c3ccc(OC(=O)c4ccc(O)c(F)c4F)cc3)c(F)c2F)cc1. The Morgan fingerprint density at radius 1 is 0.757 bits per heavy atom. The molecule has 4 rings (SSSR count). The minimum absolute atomic E-state index is 0.0271. The van der Waals surface area contributed by atoms with Crippen molar-refractivity contribution in [1.29, 1.82) is 0 Å². The summed E-state index contributed by atoms with van der Waals surface area (Å²) in [4.78, 5) is 12.2. The molecular weight excluding hydrogens is 488 g/mol. The van der Waals surface area contributed by atoms with Gasteiger partial charge in [0.2, 0.25) is 5.82 Å². The van der Waals surface area contributed by atoms with Crippen molar-refractivity contribution in [3.05, 3.63) is 107 Å². The third kappa shape index (κ3) is 5.34. The predicted molar refractivity (Wildman–Crippen MR) is 130 cm³/mol. The number of hydrogen-bond donors (Lipinski definition) is 2. The van der Waals surface area contributed by atoms with E-state index in [0.717, 1.165) is 18.6 Å². The van der Waals surface area contributed by atoms with Gasteiger partial charge >= 0.3 is 5.97 Å². The highest BCUT2D eigenvalue weighted by atomic mass is 19.2. The van der Waals surface area contributed by atoms with Gasteiger partial charge in [0.1, 0.15) is 5.75 Å². The topological polar surface area (TPSA) is 66.8 Å². The molecule has 0 saturated heterocycles. The number of carbonyl (C=O) groups excluding carboxylic acids is 1. The molecule has 0 spiro atoms. The van der Waals surface area contributed by atoms with E-state index in [1.165, 1.54) is 36.4 Å². The molecule has 0 aliphatic rings. The van der Waals surface area contributed by atoms with Crippen LogP contribution in [0.15, 0.2) is 72.8 Å². The van der Waals surface area contributed by atoms with E-state index in [1.54, 1.807) is 24.3 Å². The number of carbonyl (C=O) groups is 1. The molecule has 0 aliphatic heterocycles. The van der Waals surface area contributed by atoms with Gasteiger partial charge in [0, 0.05) is 11.1 Å². The average molecular weight is 510 g/mol. The maximum absolute atomic E-state index is 15.0. The predicted octanol–water partition coefficient (Wildman–Crippen LogP) is 7.34. The molecule has 8 heteroatoms. The van der Waals surface area contributed by atoms with Crippen LogP contribution >= 0.6 is 0 Å². The number of phenolic OH excluding ortho intramolecular Hbond substituents is 1. The Morgan fingerprint density at radius 3 is 1.84 bits per heavy atom. The standard InChI is InChI=1S/C29H22F4O4/c1-2-3-23(34)18-6-4-16(5-7-18)20-12-13-21(26(31)25(20)30)17-8-10-19(11-9-17)37-29(36)22-14-15-24(35)28(33)27(22)32/h4-15,23,34-35H,2-3H2,1H3. The first-order valence-corrected chi connectivity index (χ1v) is 11.5. The Kier molecular flexibility index (Phi) is 7.59. The zero-order chi connectivity index (χ0) is 26.7. The zero-order valence-electron chi connectivity index (χ0n) is 19.6. The van der Waals surface area contributed by atoms with Crippen molar-refractivity contribution in [3.8, 4) is 33.8 Å². The van der Waals surface area contributed by atoms with Crippen molar-refractivity contribution < 1.29 is 37.3 Å². The molecule has 0 amide bonds. The number of phenols is 1. The summed E-state index contributed by atoms with van der Waals surface area (Å²) in [6.45, 7) is 1.96. The highest BCUT2D eigenvalue weighted by Crippen LogP contribution is 2.33. The minimum atomic E-state index is -1.57. The van der Waals surface area contributed by atoms with Crippen molar-refractivity contribution in [2.24, 2.45) is 0 Å². The van der Waals surface area contributed by atoms with Crippen molar-refractivity contribution in [2.75, 3.05) is 0 Å². The number of aromatic hydroxyl groups is 1. The lowest BCUT2D eigenvalue weighted by Crippen LogP contribution is -2.11. The molecule has 190 valence electrons. The van der Waals surface area contributed by atoms with Gasteiger partial charge in [0.05, 0.1) is 11.7 Å². The fourth-order valence-corrected chi connectivity index (χ4v) is 3.88. The van der Waals surface area contributed by atoms with Gasteiger partial charge in [-0.1, -0.05) is 61.9 Å². The maximum atomic E-state index is 15.0. The van der Waals surface area contributed by atoms with Crippen molar-refractivity contribution >= 4 is 5.97 Å². The molecule has 0 aromatic heterocycles. The van der Waals surface area contributed by atoms with Crippen LogP contribution in [-0.2, 0) is 0 Å². The van der Waals surface area contributed by atoms with Crippen molar-refractivity contribution in [3.63, 3.8) is 0 Å². The number of benzene rings is 4. The smallest absolute Gasteiger partial charge is 0.346 e. The van der Waals surface area contributed by atoms with E-state index in [1.807, 2.05) is 6.92 Å². The van der Waals surface area contributed by atoms with Crippen LogP contribution in [0.3, 0.4) is 0 Å². The van der Waals surface area contributed by atoms with Gasteiger partial charge in [0.25, 0.3) is 0 Å². The second-order valence-electron chi connectivity index (χ2n) is 8.39. The molecule has 0 aliphatic carbocycles. The van der Waals surface area contributed by atoms with Crippen molar-refractivity contribution in [2.45, 2.75) is 25.9 Å². The second kappa shape index (κ2) is 10.8. The summed E-state index contributed by atoms with van der Waals surface area (Å²) in [6, 6.07) is 16.5. The van der Waals surface area contributed by atoms with Gasteiger partial charge in [-0.3, -0.25) is 0 Å². The quantitative estimate of drug-likeness (QED) is 0.155. The Morgan fingerprint density at radius 2 is 1.30 bits per heavy atom. The molecule has 2 N–H and O–H groups in total. The molecule has 0 saturated carbocycles. The largest absolute Gasteiger partial charge is 0.505 e.